The molecule has 0 nitrogen and oxygen atoms in total. The van der Waals surface area contributed by atoms with E-state index in [-0.39, 0.29) is 0 Å². The number of aryl methyl sites for hydroxylation is 1. The van der Waals surface area contributed by atoms with E-state index in [0.29, 0.717) is 0 Å². The molecule has 0 aliphatic heterocycles. The van der Waals surface area contributed by atoms with Crippen LogP contribution < -0.4 is 0 Å². The van der Waals surface area contributed by atoms with Gasteiger partial charge in [-0.3, -0.25) is 0 Å². The summed E-state index contributed by atoms with van der Waals surface area (Å²) in [6.45, 7) is 6.24. The van der Waals surface area contributed by atoms with Crippen molar-refractivity contribution in [1.29, 1.82) is 0 Å². The molecule has 70 valence electrons. The fourth-order valence-electron chi connectivity index (χ4n) is 1.00. The monoisotopic (exact) mass is 184 g/mol. The first-order chi connectivity index (χ1) is 5.93. The molecule has 1 aromatic rings. The van der Waals surface area contributed by atoms with E-state index in [0.717, 1.165) is 0 Å². The summed E-state index contributed by atoms with van der Waals surface area (Å²) < 4.78 is 0. The Morgan fingerprint density at radius 1 is 1.25 bits per heavy atom. The molecule has 0 amide bonds. The van der Waals surface area contributed by atoms with Crippen LogP contribution in [-0.2, 0) is 6.42 Å². The Morgan fingerprint density at radius 3 is 2.50 bits per heavy atom. The van der Waals surface area contributed by atoms with Gasteiger partial charge in [0.05, 0.1) is 0 Å². The second kappa shape index (κ2) is 8.79. The van der Waals surface area contributed by atoms with Gasteiger partial charge in [0, 0.05) is 4.88 Å². The van der Waals surface area contributed by atoms with E-state index in [4.69, 9.17) is 0 Å². The van der Waals surface area contributed by atoms with Crippen LogP contribution in [0.3, 0.4) is 0 Å². The van der Waals surface area contributed by atoms with Gasteiger partial charge in [-0.1, -0.05) is 39.7 Å². The van der Waals surface area contributed by atoms with E-state index in [2.05, 4.69) is 24.4 Å². The van der Waals surface area contributed by atoms with E-state index in [1.807, 2.05) is 25.2 Å². The van der Waals surface area contributed by atoms with Crippen molar-refractivity contribution in [2.24, 2.45) is 0 Å². The van der Waals surface area contributed by atoms with Gasteiger partial charge < -0.3 is 0 Å². The smallest absolute Gasteiger partial charge is 0.00452 e. The van der Waals surface area contributed by atoms with Crippen molar-refractivity contribution in [3.05, 3.63) is 22.4 Å². The number of unbranched alkanes of at least 4 members (excludes halogenated alkanes) is 2. The first-order valence-electron chi connectivity index (χ1n) is 4.96. The van der Waals surface area contributed by atoms with Gasteiger partial charge in [0.25, 0.3) is 0 Å². The van der Waals surface area contributed by atoms with Gasteiger partial charge in [-0.15, -0.1) is 11.3 Å². The SMILES string of the molecule is CC.CCCCCc1cccs1. The maximum atomic E-state index is 2.24. The maximum Gasteiger partial charge on any atom is 0.00452 e. The van der Waals surface area contributed by atoms with Crippen LogP contribution in [0, 0.1) is 0 Å². The highest BCUT2D eigenvalue weighted by Gasteiger charge is 1.91. The van der Waals surface area contributed by atoms with E-state index < -0.39 is 0 Å². The molecular weight excluding hydrogens is 164 g/mol. The molecule has 0 saturated heterocycles. The normalized spacial score (nSPS) is 8.92. The van der Waals surface area contributed by atoms with Crippen LogP contribution in [0.25, 0.3) is 0 Å². The lowest BCUT2D eigenvalue weighted by Gasteiger charge is -1.93. The molecule has 1 aromatic heterocycles. The van der Waals surface area contributed by atoms with Crippen molar-refractivity contribution >= 4 is 11.3 Å². The molecule has 0 aliphatic carbocycles. The first-order valence-corrected chi connectivity index (χ1v) is 5.84. The summed E-state index contributed by atoms with van der Waals surface area (Å²) in [4.78, 5) is 1.54. The van der Waals surface area contributed by atoms with Crippen LogP contribution in [0.2, 0.25) is 0 Å². The second-order valence-electron chi connectivity index (χ2n) is 2.54. The third kappa shape index (κ3) is 5.36. The molecule has 0 unspecified atom stereocenters. The molecule has 0 bridgehead atoms. The summed E-state index contributed by atoms with van der Waals surface area (Å²) in [6, 6.07) is 4.35. The third-order valence-corrected chi connectivity index (χ3v) is 2.54. The predicted octanol–water partition coefficient (Wildman–Crippen LogP) is 4.51. The van der Waals surface area contributed by atoms with Crippen molar-refractivity contribution in [2.45, 2.75) is 46.5 Å². The highest BCUT2D eigenvalue weighted by Crippen LogP contribution is 2.12. The van der Waals surface area contributed by atoms with Gasteiger partial charge in [0.15, 0.2) is 0 Å². The minimum absolute atomic E-state index is 1.28. The number of hydrogen-bond donors (Lipinski definition) is 0. The number of thiophene rings is 1. The Morgan fingerprint density at radius 2 is 2.00 bits per heavy atom. The molecule has 1 heterocycles. The zero-order valence-electron chi connectivity index (χ0n) is 8.47. The lowest BCUT2D eigenvalue weighted by molar-refractivity contribution is 0.722. The van der Waals surface area contributed by atoms with Gasteiger partial charge in [-0.25, -0.2) is 0 Å². The van der Waals surface area contributed by atoms with Gasteiger partial charge in [0.2, 0.25) is 0 Å². The first kappa shape index (κ1) is 11.7. The van der Waals surface area contributed by atoms with Gasteiger partial charge >= 0.3 is 0 Å². The van der Waals surface area contributed by atoms with E-state index in [1.54, 1.807) is 0 Å². The Balaban J connectivity index is 0.000000561. The highest BCUT2D eigenvalue weighted by atomic mass is 32.1. The van der Waals surface area contributed by atoms with Crippen molar-refractivity contribution < 1.29 is 0 Å². The molecule has 12 heavy (non-hydrogen) atoms. The van der Waals surface area contributed by atoms with Crippen LogP contribution in [0.5, 0.6) is 0 Å². The van der Waals surface area contributed by atoms with Crippen LogP contribution in [0.4, 0.5) is 0 Å². The summed E-state index contributed by atoms with van der Waals surface area (Å²) in [5, 5.41) is 2.15. The summed E-state index contributed by atoms with van der Waals surface area (Å²) in [5.41, 5.74) is 0. The van der Waals surface area contributed by atoms with Crippen molar-refractivity contribution in [2.75, 3.05) is 0 Å². The van der Waals surface area contributed by atoms with Gasteiger partial charge in [-0.05, 0) is 24.3 Å². The molecule has 1 heteroatoms. The van der Waals surface area contributed by atoms with Gasteiger partial charge in [0.1, 0.15) is 0 Å². The summed E-state index contributed by atoms with van der Waals surface area (Å²) in [6.07, 6.45) is 5.34. The Labute approximate surface area is 80.6 Å². The van der Waals surface area contributed by atoms with Crippen molar-refractivity contribution in [3.8, 4) is 0 Å². The fraction of sp³-hybridized carbons (Fsp3) is 0.636. The molecule has 0 N–H and O–H groups in total. The third-order valence-electron chi connectivity index (χ3n) is 1.61. The topological polar surface area (TPSA) is 0 Å². The zero-order chi connectivity index (χ0) is 9.23. The van der Waals surface area contributed by atoms with E-state index in [9.17, 15) is 0 Å². The molecular formula is C11H20S. The Kier molecular flexibility index (Phi) is 8.57. The van der Waals surface area contributed by atoms with Crippen molar-refractivity contribution in [3.63, 3.8) is 0 Å². The number of rotatable bonds is 4. The maximum absolute atomic E-state index is 2.24. The number of hydrogen-bond acceptors (Lipinski definition) is 1. The Bertz CT molecular complexity index is 154. The summed E-state index contributed by atoms with van der Waals surface area (Å²) >= 11 is 1.87. The molecule has 0 atom stereocenters. The lowest BCUT2D eigenvalue weighted by atomic mass is 10.2. The summed E-state index contributed by atoms with van der Waals surface area (Å²) in [5.74, 6) is 0. The largest absolute Gasteiger partial charge is 0.149 e. The lowest BCUT2D eigenvalue weighted by Crippen LogP contribution is -1.78. The molecule has 1 rings (SSSR count). The average molecular weight is 184 g/mol. The average Bonchev–Trinajstić information content (AvgIpc) is 2.61. The van der Waals surface area contributed by atoms with Crippen LogP contribution in [0.15, 0.2) is 17.5 Å². The minimum atomic E-state index is 1.28. The second-order valence-corrected chi connectivity index (χ2v) is 3.57. The predicted molar refractivity (Wildman–Crippen MR) is 58.9 cm³/mol. The molecule has 0 aromatic carbocycles. The molecule has 0 fully saturated rings. The molecule has 0 saturated carbocycles. The van der Waals surface area contributed by atoms with Crippen LogP contribution >= 0.6 is 11.3 Å². The fourth-order valence-corrected chi connectivity index (χ4v) is 1.76. The summed E-state index contributed by atoms with van der Waals surface area (Å²) in [7, 11) is 0. The van der Waals surface area contributed by atoms with Crippen LogP contribution in [0.1, 0.15) is 44.9 Å². The minimum Gasteiger partial charge on any atom is -0.149 e. The van der Waals surface area contributed by atoms with Crippen molar-refractivity contribution in [1.82, 2.24) is 0 Å². The van der Waals surface area contributed by atoms with E-state index >= 15 is 0 Å². The molecule has 0 radical (unpaired) electrons. The molecule has 0 aliphatic rings. The Hall–Kier alpha value is -0.300. The molecule has 0 spiro atoms. The van der Waals surface area contributed by atoms with E-state index in [1.165, 1.54) is 30.6 Å². The zero-order valence-corrected chi connectivity index (χ0v) is 9.29. The standard InChI is InChI=1S/C9H14S.C2H6/c1-2-3-4-6-9-7-5-8-10-9;1-2/h5,7-8H,2-4,6H2,1H3;1-2H3. The quantitative estimate of drug-likeness (QED) is 0.604. The highest BCUT2D eigenvalue weighted by molar-refractivity contribution is 7.09. The van der Waals surface area contributed by atoms with Gasteiger partial charge in [-0.2, -0.15) is 0 Å². The van der Waals surface area contributed by atoms with Crippen LogP contribution in [-0.4, -0.2) is 0 Å².